The van der Waals surface area contributed by atoms with E-state index >= 15 is 0 Å². The van der Waals surface area contributed by atoms with Crippen molar-refractivity contribution in [2.45, 2.75) is 12.6 Å². The van der Waals surface area contributed by atoms with Crippen LogP contribution in [0.25, 0.3) is 0 Å². The highest BCUT2D eigenvalue weighted by Crippen LogP contribution is 2.26. The van der Waals surface area contributed by atoms with Gasteiger partial charge in [-0.3, -0.25) is 4.79 Å². The average molecular weight is 340 g/mol. The highest BCUT2D eigenvalue weighted by Gasteiger charge is 2.25. The monoisotopic (exact) mass is 338 g/mol. The highest BCUT2D eigenvalue weighted by atomic mass is 35.5. The summed E-state index contributed by atoms with van der Waals surface area (Å²) < 4.78 is 5.44. The van der Waals surface area contributed by atoms with Gasteiger partial charge in [0.15, 0.2) is 0 Å². The molecule has 0 radical (unpaired) electrons. The van der Waals surface area contributed by atoms with Crippen molar-refractivity contribution in [3.05, 3.63) is 33.8 Å². The van der Waals surface area contributed by atoms with E-state index in [1.807, 2.05) is 12.1 Å². The third-order valence-electron chi connectivity index (χ3n) is 3.02. The molecule has 1 aliphatic rings. The summed E-state index contributed by atoms with van der Waals surface area (Å²) >= 11 is 12.1. The Hall–Kier alpha value is -0.520. The Labute approximate surface area is 134 Å². The molecule has 1 aromatic rings. The SMILES string of the molecule is CN(Cc1cccc(Cl)c1Cl)C(=O)C1CNCCO1.Cl. The number of likely N-dealkylation sites (N-methyl/N-ethyl adjacent to an activating group) is 1. The second-order valence-electron chi connectivity index (χ2n) is 4.47. The lowest BCUT2D eigenvalue weighted by Crippen LogP contribution is -2.48. The predicted molar refractivity (Wildman–Crippen MR) is 82.8 cm³/mol. The lowest BCUT2D eigenvalue weighted by atomic mass is 10.2. The number of morpholine rings is 1. The maximum Gasteiger partial charge on any atom is 0.253 e. The van der Waals surface area contributed by atoms with Gasteiger partial charge in [0.25, 0.3) is 5.91 Å². The van der Waals surface area contributed by atoms with E-state index in [0.717, 1.165) is 12.1 Å². The predicted octanol–water partition coefficient (Wildman–Crippen LogP) is 2.36. The van der Waals surface area contributed by atoms with Crippen LogP contribution in [0.1, 0.15) is 5.56 Å². The van der Waals surface area contributed by atoms with Gasteiger partial charge in [0.2, 0.25) is 0 Å². The van der Waals surface area contributed by atoms with Gasteiger partial charge in [-0.05, 0) is 11.6 Å². The Balaban J connectivity index is 0.00000200. The molecule has 112 valence electrons. The molecule has 1 N–H and O–H groups in total. The molecule has 20 heavy (non-hydrogen) atoms. The van der Waals surface area contributed by atoms with E-state index < -0.39 is 6.10 Å². The zero-order chi connectivity index (χ0) is 13.8. The van der Waals surface area contributed by atoms with Crippen LogP contribution >= 0.6 is 35.6 Å². The molecule has 1 fully saturated rings. The molecule has 0 bridgehead atoms. The third-order valence-corrected chi connectivity index (χ3v) is 3.88. The van der Waals surface area contributed by atoms with Gasteiger partial charge in [-0.1, -0.05) is 35.3 Å². The molecule has 4 nitrogen and oxygen atoms in total. The van der Waals surface area contributed by atoms with E-state index in [1.54, 1.807) is 18.0 Å². The van der Waals surface area contributed by atoms with Gasteiger partial charge in [-0.15, -0.1) is 12.4 Å². The minimum atomic E-state index is -0.420. The highest BCUT2D eigenvalue weighted by molar-refractivity contribution is 6.42. The van der Waals surface area contributed by atoms with Gasteiger partial charge < -0.3 is 15.0 Å². The van der Waals surface area contributed by atoms with Crippen molar-refractivity contribution in [3.63, 3.8) is 0 Å². The van der Waals surface area contributed by atoms with Crippen LogP contribution in [0.5, 0.6) is 0 Å². The summed E-state index contributed by atoms with van der Waals surface area (Å²) in [7, 11) is 1.73. The zero-order valence-electron chi connectivity index (χ0n) is 11.1. The Morgan fingerprint density at radius 1 is 1.50 bits per heavy atom. The summed E-state index contributed by atoms with van der Waals surface area (Å²) in [6, 6.07) is 5.40. The van der Waals surface area contributed by atoms with Crippen molar-refractivity contribution in [1.82, 2.24) is 10.2 Å². The molecule has 1 amide bonds. The van der Waals surface area contributed by atoms with Crippen LogP contribution in [0.2, 0.25) is 10.0 Å². The van der Waals surface area contributed by atoms with Crippen LogP contribution in [0, 0.1) is 0 Å². The number of hydrogen-bond acceptors (Lipinski definition) is 3. The number of rotatable bonds is 3. The van der Waals surface area contributed by atoms with Gasteiger partial charge in [0.1, 0.15) is 6.10 Å². The molecule has 1 aliphatic heterocycles. The Kier molecular flexibility index (Phi) is 7.06. The largest absolute Gasteiger partial charge is 0.366 e. The first-order chi connectivity index (χ1) is 9.09. The standard InChI is InChI=1S/C13H16Cl2N2O2.ClH/c1-17(13(18)11-7-16-5-6-19-11)8-9-3-2-4-10(14)12(9)15;/h2-4,11,16H,5-8H2,1H3;1H. The summed E-state index contributed by atoms with van der Waals surface area (Å²) in [6.45, 7) is 2.31. The van der Waals surface area contributed by atoms with Gasteiger partial charge >= 0.3 is 0 Å². The molecule has 0 spiro atoms. The van der Waals surface area contributed by atoms with E-state index in [-0.39, 0.29) is 18.3 Å². The van der Waals surface area contributed by atoms with E-state index in [2.05, 4.69) is 5.32 Å². The molecule has 0 saturated carbocycles. The summed E-state index contributed by atoms with van der Waals surface area (Å²) in [6.07, 6.45) is -0.420. The number of halogens is 3. The quantitative estimate of drug-likeness (QED) is 0.919. The Morgan fingerprint density at radius 2 is 2.25 bits per heavy atom. The normalized spacial score (nSPS) is 18.2. The number of carbonyl (C=O) groups is 1. The molecule has 2 rings (SSSR count). The lowest BCUT2D eigenvalue weighted by Gasteiger charge is -2.27. The number of nitrogens with one attached hydrogen (secondary N) is 1. The van der Waals surface area contributed by atoms with Crippen LogP contribution in [0.3, 0.4) is 0 Å². The van der Waals surface area contributed by atoms with Gasteiger partial charge in [-0.2, -0.15) is 0 Å². The van der Waals surface area contributed by atoms with Crippen LogP contribution < -0.4 is 5.32 Å². The molecule has 0 aromatic heterocycles. The van der Waals surface area contributed by atoms with Crippen molar-refractivity contribution < 1.29 is 9.53 Å². The molecule has 7 heteroatoms. The number of carbonyl (C=O) groups excluding carboxylic acids is 1. The smallest absolute Gasteiger partial charge is 0.253 e. The molecule has 1 saturated heterocycles. The molecule has 0 aliphatic carbocycles. The first-order valence-corrected chi connectivity index (χ1v) is 6.85. The number of amides is 1. The molecule has 1 atom stereocenters. The fourth-order valence-corrected chi connectivity index (χ4v) is 2.35. The van der Waals surface area contributed by atoms with Gasteiger partial charge in [-0.25, -0.2) is 0 Å². The molecule has 1 unspecified atom stereocenters. The van der Waals surface area contributed by atoms with Crippen molar-refractivity contribution in [2.24, 2.45) is 0 Å². The molecule has 1 heterocycles. The first kappa shape index (κ1) is 17.5. The van der Waals surface area contributed by atoms with Crippen molar-refractivity contribution in [3.8, 4) is 0 Å². The second kappa shape index (κ2) is 8.05. The molecule has 1 aromatic carbocycles. The second-order valence-corrected chi connectivity index (χ2v) is 5.26. The minimum absolute atomic E-state index is 0. The maximum absolute atomic E-state index is 12.2. The Bertz CT molecular complexity index is 465. The van der Waals surface area contributed by atoms with E-state index in [4.69, 9.17) is 27.9 Å². The van der Waals surface area contributed by atoms with Crippen LogP contribution in [0.4, 0.5) is 0 Å². The van der Waals surface area contributed by atoms with E-state index in [9.17, 15) is 4.79 Å². The van der Waals surface area contributed by atoms with Crippen molar-refractivity contribution in [1.29, 1.82) is 0 Å². The van der Waals surface area contributed by atoms with Crippen LogP contribution in [0.15, 0.2) is 18.2 Å². The number of benzene rings is 1. The average Bonchev–Trinajstić information content (AvgIpc) is 2.44. The lowest BCUT2D eigenvalue weighted by molar-refractivity contribution is -0.144. The minimum Gasteiger partial charge on any atom is -0.366 e. The first-order valence-electron chi connectivity index (χ1n) is 6.10. The summed E-state index contributed by atoms with van der Waals surface area (Å²) in [5.41, 5.74) is 0.828. The number of hydrogen-bond donors (Lipinski definition) is 1. The summed E-state index contributed by atoms with van der Waals surface area (Å²) in [5.74, 6) is -0.0526. The summed E-state index contributed by atoms with van der Waals surface area (Å²) in [5, 5.41) is 4.12. The maximum atomic E-state index is 12.2. The topological polar surface area (TPSA) is 41.6 Å². The van der Waals surface area contributed by atoms with Crippen molar-refractivity contribution >= 4 is 41.5 Å². The zero-order valence-corrected chi connectivity index (χ0v) is 13.4. The fourth-order valence-electron chi connectivity index (χ4n) is 1.97. The van der Waals surface area contributed by atoms with E-state index in [0.29, 0.717) is 29.7 Å². The van der Waals surface area contributed by atoms with Crippen LogP contribution in [-0.2, 0) is 16.1 Å². The Morgan fingerprint density at radius 3 is 2.90 bits per heavy atom. The van der Waals surface area contributed by atoms with Crippen molar-refractivity contribution in [2.75, 3.05) is 26.7 Å². The van der Waals surface area contributed by atoms with E-state index in [1.165, 1.54) is 0 Å². The molecular weight excluding hydrogens is 323 g/mol. The summed E-state index contributed by atoms with van der Waals surface area (Å²) in [4.78, 5) is 13.8. The number of ether oxygens (including phenoxy) is 1. The number of nitrogens with zero attached hydrogens (tertiary/aromatic N) is 1. The molecular formula is C13H17Cl3N2O2. The van der Waals surface area contributed by atoms with Gasteiger partial charge in [0, 0.05) is 26.7 Å². The van der Waals surface area contributed by atoms with Gasteiger partial charge in [0.05, 0.1) is 16.7 Å². The van der Waals surface area contributed by atoms with Crippen LogP contribution in [-0.4, -0.2) is 43.7 Å². The fraction of sp³-hybridized carbons (Fsp3) is 0.462. The third kappa shape index (κ3) is 4.24.